The van der Waals surface area contributed by atoms with Gasteiger partial charge in [0.1, 0.15) is 5.69 Å². The van der Waals surface area contributed by atoms with Gasteiger partial charge in [0.25, 0.3) is 0 Å². The first kappa shape index (κ1) is 19.5. The van der Waals surface area contributed by atoms with Crippen molar-refractivity contribution in [2.45, 2.75) is 6.61 Å². The zero-order chi connectivity index (χ0) is 21.1. The molecule has 0 aliphatic heterocycles. The van der Waals surface area contributed by atoms with Crippen LogP contribution in [0.2, 0.25) is 0 Å². The number of fused-ring (bicyclic) bond motifs is 1. The lowest BCUT2D eigenvalue weighted by Gasteiger charge is -2.08. The fourth-order valence-corrected chi connectivity index (χ4v) is 3.27. The van der Waals surface area contributed by atoms with Gasteiger partial charge in [-0.2, -0.15) is 0 Å². The summed E-state index contributed by atoms with van der Waals surface area (Å²) in [6, 6.07) is 13.3. The SMILES string of the molecule is COCc1ccnc(-c2ccnc(Nc3ccc4cc(C(=O)OC)n(C)c4c3)n2)c1. The maximum Gasteiger partial charge on any atom is 0.354 e. The molecule has 0 saturated carbocycles. The number of carbonyl (C=O) groups excluding carboxylic acids is 1. The summed E-state index contributed by atoms with van der Waals surface area (Å²) < 4.78 is 11.8. The molecule has 0 radical (unpaired) electrons. The van der Waals surface area contributed by atoms with E-state index in [0.717, 1.165) is 27.8 Å². The van der Waals surface area contributed by atoms with Gasteiger partial charge >= 0.3 is 5.97 Å². The molecule has 0 aliphatic carbocycles. The summed E-state index contributed by atoms with van der Waals surface area (Å²) in [5.41, 5.74) is 4.66. The van der Waals surface area contributed by atoms with E-state index in [2.05, 4.69) is 20.3 Å². The van der Waals surface area contributed by atoms with Crippen LogP contribution in [0.4, 0.5) is 11.6 Å². The highest BCUT2D eigenvalue weighted by molar-refractivity contribution is 5.96. The number of nitrogens with zero attached hydrogens (tertiary/aromatic N) is 4. The molecular formula is C22H21N5O3. The molecule has 4 aromatic rings. The van der Waals surface area contributed by atoms with Crippen molar-refractivity contribution in [1.29, 1.82) is 0 Å². The topological polar surface area (TPSA) is 91.2 Å². The highest BCUT2D eigenvalue weighted by Crippen LogP contribution is 2.25. The van der Waals surface area contributed by atoms with Crippen LogP contribution in [0.1, 0.15) is 16.1 Å². The quantitative estimate of drug-likeness (QED) is 0.491. The Hall–Kier alpha value is -3.78. The second-order valence-electron chi connectivity index (χ2n) is 6.73. The van der Waals surface area contributed by atoms with Crippen molar-refractivity contribution in [2.75, 3.05) is 19.5 Å². The van der Waals surface area contributed by atoms with E-state index in [1.807, 2.05) is 43.4 Å². The number of aromatic nitrogens is 4. The lowest BCUT2D eigenvalue weighted by molar-refractivity contribution is 0.0590. The molecule has 3 aromatic heterocycles. The van der Waals surface area contributed by atoms with Crippen LogP contribution >= 0.6 is 0 Å². The molecule has 0 aliphatic rings. The Kier molecular flexibility index (Phi) is 5.40. The van der Waals surface area contributed by atoms with Crippen LogP contribution in [0, 0.1) is 0 Å². The Balaban J connectivity index is 1.62. The molecule has 0 bridgehead atoms. The maximum absolute atomic E-state index is 11.9. The van der Waals surface area contributed by atoms with E-state index < -0.39 is 0 Å². The minimum absolute atomic E-state index is 0.373. The summed E-state index contributed by atoms with van der Waals surface area (Å²) in [5, 5.41) is 4.16. The summed E-state index contributed by atoms with van der Waals surface area (Å²) in [6.07, 6.45) is 3.42. The number of aryl methyl sites for hydroxylation is 1. The van der Waals surface area contributed by atoms with Crippen LogP contribution in [0.3, 0.4) is 0 Å². The first-order valence-corrected chi connectivity index (χ1v) is 9.31. The average Bonchev–Trinajstić information content (AvgIpc) is 3.10. The second-order valence-corrected chi connectivity index (χ2v) is 6.73. The fourth-order valence-electron chi connectivity index (χ4n) is 3.27. The highest BCUT2D eigenvalue weighted by atomic mass is 16.5. The van der Waals surface area contributed by atoms with E-state index >= 15 is 0 Å². The van der Waals surface area contributed by atoms with Gasteiger partial charge in [-0.05, 0) is 42.0 Å². The van der Waals surface area contributed by atoms with E-state index in [9.17, 15) is 4.79 Å². The monoisotopic (exact) mass is 403 g/mol. The summed E-state index contributed by atoms with van der Waals surface area (Å²) in [5.74, 6) is 0.0793. The number of nitrogens with one attached hydrogen (secondary N) is 1. The fraction of sp³-hybridized carbons (Fsp3) is 0.182. The molecule has 30 heavy (non-hydrogen) atoms. The molecule has 1 N–H and O–H groups in total. The number of anilines is 2. The molecule has 152 valence electrons. The van der Waals surface area contributed by atoms with Gasteiger partial charge in [-0.25, -0.2) is 14.8 Å². The van der Waals surface area contributed by atoms with Gasteiger partial charge in [0.05, 0.1) is 30.6 Å². The number of rotatable bonds is 6. The molecule has 0 spiro atoms. The molecule has 0 unspecified atom stereocenters. The number of ether oxygens (including phenoxy) is 2. The number of methoxy groups -OCH3 is 2. The average molecular weight is 403 g/mol. The molecule has 8 nitrogen and oxygen atoms in total. The Morgan fingerprint density at radius 1 is 1.03 bits per heavy atom. The number of hydrogen-bond donors (Lipinski definition) is 1. The summed E-state index contributed by atoms with van der Waals surface area (Å²) in [4.78, 5) is 25.2. The van der Waals surface area contributed by atoms with Gasteiger partial charge in [-0.15, -0.1) is 0 Å². The summed E-state index contributed by atoms with van der Waals surface area (Å²) >= 11 is 0. The third-order valence-corrected chi connectivity index (χ3v) is 4.75. The van der Waals surface area contributed by atoms with Crippen LogP contribution in [0.25, 0.3) is 22.3 Å². The van der Waals surface area contributed by atoms with Crippen LogP contribution in [-0.2, 0) is 23.1 Å². The van der Waals surface area contributed by atoms with Gasteiger partial charge in [0.15, 0.2) is 0 Å². The maximum atomic E-state index is 11.9. The Bertz CT molecular complexity index is 1220. The zero-order valence-corrected chi connectivity index (χ0v) is 16.9. The molecule has 0 atom stereocenters. The van der Waals surface area contributed by atoms with Crippen molar-refractivity contribution in [3.05, 3.63) is 66.1 Å². The third kappa shape index (κ3) is 3.85. The van der Waals surface area contributed by atoms with Crippen LogP contribution < -0.4 is 5.32 Å². The van der Waals surface area contributed by atoms with Gasteiger partial charge in [-0.3, -0.25) is 4.98 Å². The number of hydrogen-bond acceptors (Lipinski definition) is 7. The molecule has 1 aromatic carbocycles. The van der Waals surface area contributed by atoms with Crippen molar-refractivity contribution in [1.82, 2.24) is 19.5 Å². The molecule has 4 rings (SSSR count). The largest absolute Gasteiger partial charge is 0.464 e. The van der Waals surface area contributed by atoms with Crippen molar-refractivity contribution in [2.24, 2.45) is 7.05 Å². The summed E-state index contributed by atoms with van der Waals surface area (Å²) in [7, 11) is 4.86. The van der Waals surface area contributed by atoms with E-state index in [4.69, 9.17) is 9.47 Å². The Morgan fingerprint density at radius 3 is 2.67 bits per heavy atom. The van der Waals surface area contributed by atoms with E-state index in [0.29, 0.717) is 23.9 Å². The Labute approximate surface area is 173 Å². The molecule has 8 heteroatoms. The summed E-state index contributed by atoms with van der Waals surface area (Å²) in [6.45, 7) is 0.510. The molecule has 0 amide bonds. The second kappa shape index (κ2) is 8.30. The number of benzene rings is 1. The van der Waals surface area contributed by atoms with Crippen molar-refractivity contribution < 1.29 is 14.3 Å². The number of carbonyl (C=O) groups is 1. The first-order chi connectivity index (χ1) is 14.6. The molecule has 0 fully saturated rings. The predicted molar refractivity (Wildman–Crippen MR) is 114 cm³/mol. The van der Waals surface area contributed by atoms with Crippen LogP contribution in [0.15, 0.2) is 54.9 Å². The van der Waals surface area contributed by atoms with Gasteiger partial charge < -0.3 is 19.4 Å². The van der Waals surface area contributed by atoms with Crippen LogP contribution in [0.5, 0.6) is 0 Å². The Morgan fingerprint density at radius 2 is 1.87 bits per heavy atom. The van der Waals surface area contributed by atoms with Crippen molar-refractivity contribution in [3.8, 4) is 11.4 Å². The minimum atomic E-state index is -0.373. The lowest BCUT2D eigenvalue weighted by Crippen LogP contribution is -2.07. The highest BCUT2D eigenvalue weighted by Gasteiger charge is 2.14. The zero-order valence-electron chi connectivity index (χ0n) is 16.9. The first-order valence-electron chi connectivity index (χ1n) is 9.31. The van der Waals surface area contributed by atoms with E-state index in [1.54, 1.807) is 30.1 Å². The molecule has 0 saturated heterocycles. The van der Waals surface area contributed by atoms with E-state index in [1.165, 1.54) is 7.11 Å². The number of esters is 1. The standard InChI is InChI=1S/C22H21N5O3/c1-27-19-12-16(5-4-15(19)11-20(27)21(28)30-3)25-22-24-9-7-17(26-22)18-10-14(13-29-2)6-8-23-18/h4-12H,13H2,1-3H3,(H,24,25,26). The third-order valence-electron chi connectivity index (χ3n) is 4.75. The van der Waals surface area contributed by atoms with E-state index in [-0.39, 0.29) is 5.97 Å². The normalized spacial score (nSPS) is 10.9. The number of pyridine rings is 1. The smallest absolute Gasteiger partial charge is 0.354 e. The molecule has 3 heterocycles. The lowest BCUT2D eigenvalue weighted by atomic mass is 10.2. The van der Waals surface area contributed by atoms with Gasteiger partial charge in [0, 0.05) is 37.6 Å². The van der Waals surface area contributed by atoms with Gasteiger partial charge in [0.2, 0.25) is 5.95 Å². The predicted octanol–water partition coefficient (Wildman–Crippen LogP) is 3.71. The van der Waals surface area contributed by atoms with Crippen LogP contribution in [-0.4, -0.2) is 39.7 Å². The minimum Gasteiger partial charge on any atom is -0.464 e. The van der Waals surface area contributed by atoms with Crippen molar-refractivity contribution >= 4 is 28.5 Å². The molecular weight excluding hydrogens is 382 g/mol. The van der Waals surface area contributed by atoms with Gasteiger partial charge in [-0.1, -0.05) is 6.07 Å². The van der Waals surface area contributed by atoms with Crippen molar-refractivity contribution in [3.63, 3.8) is 0 Å².